The van der Waals surface area contributed by atoms with Gasteiger partial charge >= 0.3 is 6.03 Å². The highest BCUT2D eigenvalue weighted by molar-refractivity contribution is 5.82. The van der Waals surface area contributed by atoms with E-state index in [4.69, 9.17) is 0 Å². The van der Waals surface area contributed by atoms with Crippen molar-refractivity contribution in [3.63, 3.8) is 0 Å². The second-order valence-corrected chi connectivity index (χ2v) is 5.80. The molecule has 0 radical (unpaired) electrons. The quantitative estimate of drug-likeness (QED) is 0.872. The SMILES string of the molecule is CCCNC(=O)[C@@H]1CN(C(=O)NCC)C[C@@H]1c1cccc(F)c1. The molecule has 1 saturated heterocycles. The van der Waals surface area contributed by atoms with Crippen LogP contribution >= 0.6 is 0 Å². The molecule has 0 saturated carbocycles. The summed E-state index contributed by atoms with van der Waals surface area (Å²) in [7, 11) is 0. The number of hydrogen-bond acceptors (Lipinski definition) is 2. The lowest BCUT2D eigenvalue weighted by molar-refractivity contribution is -0.124. The van der Waals surface area contributed by atoms with Crippen molar-refractivity contribution in [3.8, 4) is 0 Å². The third-order valence-electron chi connectivity index (χ3n) is 4.10. The van der Waals surface area contributed by atoms with Crippen molar-refractivity contribution < 1.29 is 14.0 Å². The molecule has 6 heteroatoms. The molecule has 0 spiro atoms. The minimum atomic E-state index is -0.356. The van der Waals surface area contributed by atoms with E-state index < -0.39 is 0 Å². The van der Waals surface area contributed by atoms with Gasteiger partial charge in [-0.25, -0.2) is 9.18 Å². The predicted molar refractivity (Wildman–Crippen MR) is 86.6 cm³/mol. The number of carbonyl (C=O) groups is 2. The van der Waals surface area contributed by atoms with Gasteiger partial charge in [0.2, 0.25) is 5.91 Å². The minimum Gasteiger partial charge on any atom is -0.356 e. The lowest BCUT2D eigenvalue weighted by Crippen LogP contribution is -2.40. The normalized spacial score (nSPS) is 20.4. The van der Waals surface area contributed by atoms with E-state index in [1.807, 2.05) is 19.9 Å². The number of nitrogens with one attached hydrogen (secondary N) is 2. The zero-order valence-electron chi connectivity index (χ0n) is 13.6. The highest BCUT2D eigenvalue weighted by atomic mass is 19.1. The van der Waals surface area contributed by atoms with Crippen molar-refractivity contribution in [2.24, 2.45) is 5.92 Å². The van der Waals surface area contributed by atoms with E-state index in [0.29, 0.717) is 26.2 Å². The van der Waals surface area contributed by atoms with Gasteiger partial charge in [-0.05, 0) is 31.0 Å². The number of benzene rings is 1. The molecule has 23 heavy (non-hydrogen) atoms. The summed E-state index contributed by atoms with van der Waals surface area (Å²) < 4.78 is 13.5. The molecule has 0 unspecified atom stereocenters. The molecular weight excluding hydrogens is 297 g/mol. The third kappa shape index (κ3) is 4.21. The molecule has 0 aromatic heterocycles. The molecule has 3 amide bonds. The molecule has 1 heterocycles. The maximum Gasteiger partial charge on any atom is 0.317 e. The van der Waals surface area contributed by atoms with Crippen molar-refractivity contribution in [2.75, 3.05) is 26.2 Å². The lowest BCUT2D eigenvalue weighted by atomic mass is 9.88. The average molecular weight is 321 g/mol. The van der Waals surface area contributed by atoms with Crippen LogP contribution in [-0.4, -0.2) is 43.0 Å². The number of amides is 3. The topological polar surface area (TPSA) is 61.4 Å². The maximum absolute atomic E-state index is 13.5. The van der Waals surface area contributed by atoms with E-state index in [-0.39, 0.29) is 29.6 Å². The van der Waals surface area contributed by atoms with Gasteiger partial charge in [-0.2, -0.15) is 0 Å². The number of nitrogens with zero attached hydrogens (tertiary/aromatic N) is 1. The number of hydrogen-bond donors (Lipinski definition) is 2. The Kier molecular flexibility index (Phi) is 5.96. The molecule has 1 aromatic rings. The molecule has 126 valence electrons. The molecule has 0 aliphatic carbocycles. The van der Waals surface area contributed by atoms with E-state index in [2.05, 4.69) is 10.6 Å². The molecule has 5 nitrogen and oxygen atoms in total. The zero-order valence-corrected chi connectivity index (χ0v) is 13.6. The van der Waals surface area contributed by atoms with Crippen LogP contribution in [0.25, 0.3) is 0 Å². The van der Waals surface area contributed by atoms with Gasteiger partial charge in [0.15, 0.2) is 0 Å². The second kappa shape index (κ2) is 7.94. The van der Waals surface area contributed by atoms with Crippen molar-refractivity contribution >= 4 is 11.9 Å². The van der Waals surface area contributed by atoms with Crippen LogP contribution in [0, 0.1) is 11.7 Å². The van der Waals surface area contributed by atoms with E-state index in [1.165, 1.54) is 12.1 Å². The van der Waals surface area contributed by atoms with E-state index in [9.17, 15) is 14.0 Å². The molecule has 1 aromatic carbocycles. The van der Waals surface area contributed by atoms with Crippen molar-refractivity contribution in [2.45, 2.75) is 26.2 Å². The van der Waals surface area contributed by atoms with Crippen LogP contribution in [0.4, 0.5) is 9.18 Å². The Balaban J connectivity index is 2.20. The number of halogens is 1. The van der Waals surface area contributed by atoms with Crippen molar-refractivity contribution in [3.05, 3.63) is 35.6 Å². The first-order valence-electron chi connectivity index (χ1n) is 8.12. The predicted octanol–water partition coefficient (Wildman–Crippen LogP) is 2.10. The van der Waals surface area contributed by atoms with Gasteiger partial charge in [0.1, 0.15) is 5.82 Å². The van der Waals surface area contributed by atoms with Crippen LogP contribution in [0.1, 0.15) is 31.7 Å². The van der Waals surface area contributed by atoms with Gasteiger partial charge < -0.3 is 15.5 Å². The Hall–Kier alpha value is -2.11. The van der Waals surface area contributed by atoms with Crippen molar-refractivity contribution in [1.82, 2.24) is 15.5 Å². The molecule has 0 bridgehead atoms. The van der Waals surface area contributed by atoms with Crippen LogP contribution in [0.5, 0.6) is 0 Å². The molecule has 2 atom stereocenters. The van der Waals surface area contributed by atoms with Gasteiger partial charge in [-0.3, -0.25) is 4.79 Å². The fourth-order valence-electron chi connectivity index (χ4n) is 2.95. The summed E-state index contributed by atoms with van der Waals surface area (Å²) in [4.78, 5) is 26.2. The second-order valence-electron chi connectivity index (χ2n) is 5.80. The molecule has 2 N–H and O–H groups in total. The van der Waals surface area contributed by atoms with Gasteiger partial charge in [0.25, 0.3) is 0 Å². The Morgan fingerprint density at radius 2 is 2.04 bits per heavy atom. The fraction of sp³-hybridized carbons (Fsp3) is 0.529. The van der Waals surface area contributed by atoms with Gasteiger partial charge in [0, 0.05) is 32.1 Å². The maximum atomic E-state index is 13.5. The summed E-state index contributed by atoms with van der Waals surface area (Å²) in [5.41, 5.74) is 0.758. The highest BCUT2D eigenvalue weighted by Gasteiger charge is 2.40. The first-order valence-corrected chi connectivity index (χ1v) is 8.12. The first kappa shape index (κ1) is 17.2. The smallest absolute Gasteiger partial charge is 0.317 e. The molecule has 1 fully saturated rings. The Labute approximate surface area is 136 Å². The highest BCUT2D eigenvalue weighted by Crippen LogP contribution is 2.33. The van der Waals surface area contributed by atoms with E-state index in [1.54, 1.807) is 11.0 Å². The van der Waals surface area contributed by atoms with Crippen molar-refractivity contribution in [1.29, 1.82) is 0 Å². The summed E-state index contributed by atoms with van der Waals surface area (Å²) in [6, 6.07) is 6.10. The first-order chi connectivity index (χ1) is 11.1. The molecular formula is C17H24FN3O2. The largest absolute Gasteiger partial charge is 0.356 e. The Morgan fingerprint density at radius 3 is 2.70 bits per heavy atom. The van der Waals surface area contributed by atoms with Crippen LogP contribution < -0.4 is 10.6 Å². The zero-order chi connectivity index (χ0) is 16.8. The van der Waals surface area contributed by atoms with Gasteiger partial charge in [-0.1, -0.05) is 19.1 Å². The van der Waals surface area contributed by atoms with E-state index in [0.717, 1.165) is 12.0 Å². The summed E-state index contributed by atoms with van der Waals surface area (Å²) in [6.45, 7) is 5.74. The summed E-state index contributed by atoms with van der Waals surface area (Å²) in [5.74, 6) is -0.948. The molecule has 1 aliphatic heterocycles. The summed E-state index contributed by atoms with van der Waals surface area (Å²) >= 11 is 0. The van der Waals surface area contributed by atoms with Crippen LogP contribution in [0.15, 0.2) is 24.3 Å². The lowest BCUT2D eigenvalue weighted by Gasteiger charge is -2.18. The minimum absolute atomic E-state index is 0.0760. The van der Waals surface area contributed by atoms with Gasteiger partial charge in [0.05, 0.1) is 5.92 Å². The van der Waals surface area contributed by atoms with Crippen LogP contribution in [0.3, 0.4) is 0 Å². The number of likely N-dealkylation sites (tertiary alicyclic amines) is 1. The van der Waals surface area contributed by atoms with E-state index >= 15 is 0 Å². The molecule has 2 rings (SSSR count). The summed E-state index contributed by atoms with van der Waals surface area (Å²) in [6.07, 6.45) is 0.850. The average Bonchev–Trinajstić information content (AvgIpc) is 2.98. The van der Waals surface area contributed by atoms with Gasteiger partial charge in [-0.15, -0.1) is 0 Å². The summed E-state index contributed by atoms with van der Waals surface area (Å²) in [5, 5.41) is 5.64. The van der Waals surface area contributed by atoms with Crippen LogP contribution in [0.2, 0.25) is 0 Å². The third-order valence-corrected chi connectivity index (χ3v) is 4.10. The standard InChI is InChI=1S/C17H24FN3O2/c1-3-8-20-16(22)15-11-21(17(23)19-4-2)10-14(15)12-6-5-7-13(18)9-12/h5-7,9,14-15H,3-4,8,10-11H2,1-2H3,(H,19,23)(H,20,22)/t14-,15-/m1/s1. The Morgan fingerprint density at radius 1 is 1.26 bits per heavy atom. The van der Waals surface area contributed by atoms with Crippen LogP contribution in [-0.2, 0) is 4.79 Å². The number of urea groups is 1. The molecule has 1 aliphatic rings. The fourth-order valence-corrected chi connectivity index (χ4v) is 2.95. The number of carbonyl (C=O) groups excluding carboxylic acids is 2. The monoisotopic (exact) mass is 321 g/mol. The number of rotatable bonds is 5. The Bertz CT molecular complexity index is 565.